The van der Waals surface area contributed by atoms with Gasteiger partial charge < -0.3 is 10.6 Å². The highest BCUT2D eigenvalue weighted by atomic mass is 16.2. The SMILES string of the molecule is CCNC(=O)N(C)c1cccc(NC(=O)c2cnc3c(cnn3CC(C)C)c2)c1. The third-order valence-corrected chi connectivity index (χ3v) is 4.40. The summed E-state index contributed by atoms with van der Waals surface area (Å²) in [5.41, 5.74) is 2.49. The highest BCUT2D eigenvalue weighted by Crippen LogP contribution is 2.20. The number of urea groups is 1. The molecule has 0 fully saturated rings. The van der Waals surface area contributed by atoms with E-state index in [9.17, 15) is 9.59 Å². The zero-order valence-corrected chi connectivity index (χ0v) is 17.1. The minimum absolute atomic E-state index is 0.205. The lowest BCUT2D eigenvalue weighted by Crippen LogP contribution is -2.37. The van der Waals surface area contributed by atoms with Gasteiger partial charge in [-0.15, -0.1) is 0 Å². The van der Waals surface area contributed by atoms with Gasteiger partial charge in [-0.25, -0.2) is 14.5 Å². The summed E-state index contributed by atoms with van der Waals surface area (Å²) in [5, 5.41) is 10.8. The normalized spacial score (nSPS) is 10.9. The van der Waals surface area contributed by atoms with E-state index in [2.05, 4.69) is 34.6 Å². The third-order valence-electron chi connectivity index (χ3n) is 4.40. The van der Waals surface area contributed by atoms with Crippen molar-refractivity contribution < 1.29 is 9.59 Å². The lowest BCUT2D eigenvalue weighted by atomic mass is 10.2. The van der Waals surface area contributed by atoms with Crippen molar-refractivity contribution >= 4 is 34.3 Å². The van der Waals surface area contributed by atoms with Crippen molar-refractivity contribution in [3.63, 3.8) is 0 Å². The second-order valence-corrected chi connectivity index (χ2v) is 7.26. The van der Waals surface area contributed by atoms with Gasteiger partial charge in [0.1, 0.15) is 0 Å². The molecule has 0 saturated carbocycles. The van der Waals surface area contributed by atoms with Crippen LogP contribution in [0.4, 0.5) is 16.2 Å². The van der Waals surface area contributed by atoms with Crippen LogP contribution in [0.2, 0.25) is 0 Å². The number of carbonyl (C=O) groups is 2. The van der Waals surface area contributed by atoms with E-state index in [-0.39, 0.29) is 11.9 Å². The monoisotopic (exact) mass is 394 g/mol. The van der Waals surface area contributed by atoms with Gasteiger partial charge in [-0.05, 0) is 37.1 Å². The number of amides is 3. The van der Waals surface area contributed by atoms with Gasteiger partial charge >= 0.3 is 6.03 Å². The molecule has 3 rings (SSSR count). The molecule has 29 heavy (non-hydrogen) atoms. The molecule has 8 heteroatoms. The molecule has 2 N–H and O–H groups in total. The number of rotatable bonds is 6. The number of aromatic nitrogens is 3. The van der Waals surface area contributed by atoms with Gasteiger partial charge in [0.25, 0.3) is 5.91 Å². The van der Waals surface area contributed by atoms with Crippen molar-refractivity contribution in [2.75, 3.05) is 23.8 Å². The third kappa shape index (κ3) is 4.71. The number of nitrogens with one attached hydrogen (secondary N) is 2. The fourth-order valence-corrected chi connectivity index (χ4v) is 2.96. The lowest BCUT2D eigenvalue weighted by molar-refractivity contribution is 0.102. The number of benzene rings is 1. The number of hydrogen-bond acceptors (Lipinski definition) is 4. The number of anilines is 2. The number of nitrogens with zero attached hydrogens (tertiary/aromatic N) is 4. The summed E-state index contributed by atoms with van der Waals surface area (Å²) in [7, 11) is 1.68. The van der Waals surface area contributed by atoms with Crippen molar-refractivity contribution in [2.24, 2.45) is 5.92 Å². The minimum Gasteiger partial charge on any atom is -0.338 e. The Morgan fingerprint density at radius 1 is 1.21 bits per heavy atom. The van der Waals surface area contributed by atoms with Crippen LogP contribution < -0.4 is 15.5 Å². The van der Waals surface area contributed by atoms with Crippen LogP contribution in [0.3, 0.4) is 0 Å². The van der Waals surface area contributed by atoms with Gasteiger partial charge in [0, 0.05) is 43.1 Å². The summed E-state index contributed by atoms with van der Waals surface area (Å²) in [5.74, 6) is 0.182. The van der Waals surface area contributed by atoms with E-state index >= 15 is 0 Å². The van der Waals surface area contributed by atoms with Crippen LogP contribution in [-0.2, 0) is 6.54 Å². The number of hydrogen-bond donors (Lipinski definition) is 2. The first kappa shape index (κ1) is 20.3. The standard InChI is InChI=1S/C21H26N6O2/c1-5-22-21(29)26(4)18-8-6-7-17(10-18)25-20(28)16-9-15-12-24-27(13-14(2)3)19(15)23-11-16/h6-12,14H,5,13H2,1-4H3,(H,22,29)(H,25,28). The van der Waals surface area contributed by atoms with Crippen molar-refractivity contribution in [3.8, 4) is 0 Å². The largest absolute Gasteiger partial charge is 0.338 e. The summed E-state index contributed by atoms with van der Waals surface area (Å²) < 4.78 is 1.85. The molecular weight excluding hydrogens is 368 g/mol. The summed E-state index contributed by atoms with van der Waals surface area (Å²) in [6.07, 6.45) is 3.28. The first-order valence-electron chi connectivity index (χ1n) is 9.63. The van der Waals surface area contributed by atoms with E-state index in [0.717, 1.165) is 17.6 Å². The maximum absolute atomic E-state index is 12.7. The molecule has 2 aromatic heterocycles. The fraction of sp³-hybridized carbons (Fsp3) is 0.333. The first-order valence-corrected chi connectivity index (χ1v) is 9.63. The molecule has 152 valence electrons. The van der Waals surface area contributed by atoms with Crippen LogP contribution in [0.1, 0.15) is 31.1 Å². The van der Waals surface area contributed by atoms with E-state index in [1.807, 2.05) is 17.7 Å². The molecule has 0 aliphatic heterocycles. The summed E-state index contributed by atoms with van der Waals surface area (Å²) in [6, 6.07) is 8.70. The molecule has 2 heterocycles. The Bertz CT molecular complexity index is 1030. The van der Waals surface area contributed by atoms with Crippen molar-refractivity contribution in [1.29, 1.82) is 0 Å². The predicted molar refractivity (Wildman–Crippen MR) is 114 cm³/mol. The molecule has 0 atom stereocenters. The van der Waals surface area contributed by atoms with E-state index in [1.54, 1.807) is 43.7 Å². The van der Waals surface area contributed by atoms with E-state index < -0.39 is 0 Å². The maximum atomic E-state index is 12.7. The first-order chi connectivity index (χ1) is 13.9. The predicted octanol–water partition coefficient (Wildman–Crippen LogP) is 3.51. The highest BCUT2D eigenvalue weighted by Gasteiger charge is 2.13. The molecule has 3 aromatic rings. The van der Waals surface area contributed by atoms with E-state index in [4.69, 9.17) is 0 Å². The van der Waals surface area contributed by atoms with Crippen molar-refractivity contribution in [3.05, 3.63) is 48.3 Å². The number of pyridine rings is 1. The Balaban J connectivity index is 1.76. The van der Waals surface area contributed by atoms with Gasteiger partial charge in [0.2, 0.25) is 0 Å². The van der Waals surface area contributed by atoms with Crippen LogP contribution in [0.15, 0.2) is 42.7 Å². The Kier molecular flexibility index (Phi) is 6.11. The van der Waals surface area contributed by atoms with Crippen LogP contribution in [0.25, 0.3) is 11.0 Å². The summed E-state index contributed by atoms with van der Waals surface area (Å²) in [6.45, 7) is 7.41. The Morgan fingerprint density at radius 3 is 2.72 bits per heavy atom. The molecule has 0 radical (unpaired) electrons. The lowest BCUT2D eigenvalue weighted by Gasteiger charge is -2.18. The topological polar surface area (TPSA) is 92.2 Å². The van der Waals surface area contributed by atoms with Crippen LogP contribution in [0.5, 0.6) is 0 Å². The zero-order valence-electron chi connectivity index (χ0n) is 17.1. The van der Waals surface area contributed by atoms with Crippen molar-refractivity contribution in [2.45, 2.75) is 27.3 Å². The quantitative estimate of drug-likeness (QED) is 0.669. The maximum Gasteiger partial charge on any atom is 0.321 e. The van der Waals surface area contributed by atoms with E-state index in [0.29, 0.717) is 29.4 Å². The van der Waals surface area contributed by atoms with Gasteiger partial charge in [-0.3, -0.25) is 9.69 Å². The molecule has 0 saturated heterocycles. The second-order valence-electron chi connectivity index (χ2n) is 7.26. The number of carbonyl (C=O) groups excluding carboxylic acids is 2. The minimum atomic E-state index is -0.270. The second kappa shape index (κ2) is 8.72. The molecule has 0 spiro atoms. The average Bonchev–Trinajstić information content (AvgIpc) is 3.09. The highest BCUT2D eigenvalue weighted by molar-refractivity contribution is 6.06. The molecule has 0 aliphatic carbocycles. The Labute approximate surface area is 169 Å². The summed E-state index contributed by atoms with van der Waals surface area (Å²) >= 11 is 0. The molecule has 0 unspecified atom stereocenters. The van der Waals surface area contributed by atoms with Crippen LogP contribution in [-0.4, -0.2) is 40.3 Å². The Morgan fingerprint density at radius 2 is 2.00 bits per heavy atom. The van der Waals surface area contributed by atoms with Crippen molar-refractivity contribution in [1.82, 2.24) is 20.1 Å². The molecule has 8 nitrogen and oxygen atoms in total. The van der Waals surface area contributed by atoms with Gasteiger partial charge in [-0.2, -0.15) is 5.10 Å². The molecule has 0 bridgehead atoms. The molecular formula is C21H26N6O2. The van der Waals surface area contributed by atoms with Gasteiger partial charge in [0.15, 0.2) is 5.65 Å². The van der Waals surface area contributed by atoms with Crippen LogP contribution in [0, 0.1) is 5.92 Å². The molecule has 0 aliphatic rings. The number of fused-ring (bicyclic) bond motifs is 1. The summed E-state index contributed by atoms with van der Waals surface area (Å²) in [4.78, 5) is 30.6. The average molecular weight is 394 g/mol. The van der Waals surface area contributed by atoms with E-state index in [1.165, 1.54) is 4.90 Å². The van der Waals surface area contributed by atoms with Gasteiger partial charge in [0.05, 0.1) is 11.8 Å². The zero-order chi connectivity index (χ0) is 21.0. The van der Waals surface area contributed by atoms with Gasteiger partial charge in [-0.1, -0.05) is 19.9 Å². The molecule has 3 amide bonds. The van der Waals surface area contributed by atoms with Crippen LogP contribution >= 0.6 is 0 Å². The fourth-order valence-electron chi connectivity index (χ4n) is 2.96. The molecule has 1 aromatic carbocycles. The smallest absolute Gasteiger partial charge is 0.321 e. The Hall–Kier alpha value is -3.42.